The maximum Gasteiger partial charge on any atom is 0.119 e. The SMILES string of the molecule is CC(C)CNCCc1cccc(OC(C)C)c1. The van der Waals surface area contributed by atoms with Crippen molar-refractivity contribution < 1.29 is 4.74 Å². The van der Waals surface area contributed by atoms with Crippen molar-refractivity contribution in [3.05, 3.63) is 29.8 Å². The Morgan fingerprint density at radius 3 is 2.59 bits per heavy atom. The summed E-state index contributed by atoms with van der Waals surface area (Å²) in [5.74, 6) is 1.69. The van der Waals surface area contributed by atoms with Crippen LogP contribution in [0.1, 0.15) is 33.3 Å². The Bertz CT molecular complexity index is 320. The van der Waals surface area contributed by atoms with Crippen LogP contribution in [0.5, 0.6) is 5.75 Å². The third-order valence-corrected chi connectivity index (χ3v) is 2.41. The van der Waals surface area contributed by atoms with E-state index >= 15 is 0 Å². The highest BCUT2D eigenvalue weighted by Gasteiger charge is 2.00. The highest BCUT2D eigenvalue weighted by molar-refractivity contribution is 5.28. The van der Waals surface area contributed by atoms with Crippen molar-refractivity contribution in [3.8, 4) is 5.75 Å². The molecule has 0 aliphatic carbocycles. The lowest BCUT2D eigenvalue weighted by Gasteiger charge is -2.11. The molecule has 0 aromatic heterocycles. The van der Waals surface area contributed by atoms with E-state index in [1.165, 1.54) is 5.56 Å². The van der Waals surface area contributed by atoms with Crippen LogP contribution in [0.3, 0.4) is 0 Å². The number of hydrogen-bond donors (Lipinski definition) is 1. The zero-order valence-corrected chi connectivity index (χ0v) is 11.5. The molecule has 0 spiro atoms. The van der Waals surface area contributed by atoms with Gasteiger partial charge in [-0.05, 0) is 57.0 Å². The molecule has 0 bridgehead atoms. The molecule has 0 saturated carbocycles. The van der Waals surface area contributed by atoms with Gasteiger partial charge < -0.3 is 10.1 Å². The Morgan fingerprint density at radius 2 is 1.94 bits per heavy atom. The van der Waals surface area contributed by atoms with Crippen molar-refractivity contribution in [1.29, 1.82) is 0 Å². The van der Waals surface area contributed by atoms with Crippen LogP contribution in [0.25, 0.3) is 0 Å². The Morgan fingerprint density at radius 1 is 1.18 bits per heavy atom. The van der Waals surface area contributed by atoms with Crippen LogP contribution in [-0.2, 0) is 6.42 Å². The molecule has 17 heavy (non-hydrogen) atoms. The first-order valence-electron chi connectivity index (χ1n) is 6.54. The molecule has 0 unspecified atom stereocenters. The first-order chi connectivity index (χ1) is 8.08. The molecular weight excluding hydrogens is 210 g/mol. The van der Waals surface area contributed by atoms with Crippen molar-refractivity contribution in [2.75, 3.05) is 13.1 Å². The van der Waals surface area contributed by atoms with Gasteiger partial charge >= 0.3 is 0 Å². The summed E-state index contributed by atoms with van der Waals surface area (Å²) in [6.45, 7) is 10.7. The minimum atomic E-state index is 0.240. The van der Waals surface area contributed by atoms with Gasteiger partial charge in [-0.3, -0.25) is 0 Å². The molecule has 0 saturated heterocycles. The topological polar surface area (TPSA) is 21.3 Å². The van der Waals surface area contributed by atoms with Gasteiger partial charge in [-0.2, -0.15) is 0 Å². The van der Waals surface area contributed by atoms with Gasteiger partial charge in [0.15, 0.2) is 0 Å². The molecule has 1 aromatic carbocycles. The third kappa shape index (κ3) is 6.32. The van der Waals surface area contributed by atoms with E-state index in [1.807, 2.05) is 6.07 Å². The summed E-state index contributed by atoms with van der Waals surface area (Å²) >= 11 is 0. The molecule has 1 N–H and O–H groups in total. The summed E-state index contributed by atoms with van der Waals surface area (Å²) in [6, 6.07) is 8.38. The van der Waals surface area contributed by atoms with Crippen molar-refractivity contribution >= 4 is 0 Å². The molecular formula is C15H25NO. The highest BCUT2D eigenvalue weighted by atomic mass is 16.5. The molecule has 96 valence electrons. The fourth-order valence-corrected chi connectivity index (χ4v) is 1.67. The summed E-state index contributed by atoms with van der Waals surface area (Å²) in [5.41, 5.74) is 1.33. The van der Waals surface area contributed by atoms with Gasteiger partial charge in [-0.1, -0.05) is 26.0 Å². The molecule has 0 radical (unpaired) electrons. The van der Waals surface area contributed by atoms with E-state index in [0.717, 1.165) is 25.3 Å². The van der Waals surface area contributed by atoms with Gasteiger partial charge in [0.1, 0.15) is 5.75 Å². The Labute approximate surface area is 105 Å². The molecule has 2 nitrogen and oxygen atoms in total. The van der Waals surface area contributed by atoms with Crippen LogP contribution in [0.2, 0.25) is 0 Å². The van der Waals surface area contributed by atoms with Crippen LogP contribution in [0, 0.1) is 5.92 Å². The standard InChI is InChI=1S/C15H25NO/c1-12(2)11-16-9-8-14-6-5-7-15(10-14)17-13(3)4/h5-7,10,12-13,16H,8-9,11H2,1-4H3. The van der Waals surface area contributed by atoms with Crippen molar-refractivity contribution in [3.63, 3.8) is 0 Å². The zero-order chi connectivity index (χ0) is 12.7. The minimum absolute atomic E-state index is 0.240. The van der Waals surface area contributed by atoms with Gasteiger partial charge in [0.05, 0.1) is 6.10 Å². The molecule has 0 amide bonds. The first-order valence-corrected chi connectivity index (χ1v) is 6.54. The van der Waals surface area contributed by atoms with E-state index in [-0.39, 0.29) is 6.10 Å². The summed E-state index contributed by atoms with van der Waals surface area (Å²) < 4.78 is 5.68. The average molecular weight is 235 g/mol. The lowest BCUT2D eigenvalue weighted by atomic mass is 10.1. The summed E-state index contributed by atoms with van der Waals surface area (Å²) in [5, 5.41) is 3.45. The Balaban J connectivity index is 2.37. The normalized spacial score (nSPS) is 11.2. The zero-order valence-electron chi connectivity index (χ0n) is 11.5. The smallest absolute Gasteiger partial charge is 0.119 e. The van der Waals surface area contributed by atoms with Crippen molar-refractivity contribution in [1.82, 2.24) is 5.32 Å². The van der Waals surface area contributed by atoms with Crippen LogP contribution in [-0.4, -0.2) is 19.2 Å². The second kappa shape index (κ2) is 7.33. The largest absolute Gasteiger partial charge is 0.491 e. The number of nitrogens with one attached hydrogen (secondary N) is 1. The number of ether oxygens (including phenoxy) is 1. The van der Waals surface area contributed by atoms with Crippen LogP contribution < -0.4 is 10.1 Å². The van der Waals surface area contributed by atoms with Gasteiger partial charge in [0.2, 0.25) is 0 Å². The molecule has 0 aliphatic heterocycles. The fraction of sp³-hybridized carbons (Fsp3) is 0.600. The van der Waals surface area contributed by atoms with E-state index in [1.54, 1.807) is 0 Å². The Hall–Kier alpha value is -1.02. The predicted octanol–water partition coefficient (Wildman–Crippen LogP) is 3.26. The number of hydrogen-bond acceptors (Lipinski definition) is 2. The second-order valence-electron chi connectivity index (χ2n) is 5.16. The van der Waals surface area contributed by atoms with Crippen LogP contribution in [0.4, 0.5) is 0 Å². The molecule has 0 fully saturated rings. The minimum Gasteiger partial charge on any atom is -0.491 e. The maximum atomic E-state index is 5.68. The van der Waals surface area contributed by atoms with Gasteiger partial charge in [-0.25, -0.2) is 0 Å². The van der Waals surface area contributed by atoms with Crippen LogP contribution >= 0.6 is 0 Å². The Kier molecular flexibility index (Phi) is 6.06. The second-order valence-corrected chi connectivity index (χ2v) is 5.16. The molecule has 1 rings (SSSR count). The fourth-order valence-electron chi connectivity index (χ4n) is 1.67. The van der Waals surface area contributed by atoms with Gasteiger partial charge in [0.25, 0.3) is 0 Å². The average Bonchev–Trinajstić information content (AvgIpc) is 2.24. The van der Waals surface area contributed by atoms with E-state index in [9.17, 15) is 0 Å². The molecule has 0 heterocycles. The van der Waals surface area contributed by atoms with Crippen LogP contribution in [0.15, 0.2) is 24.3 Å². The summed E-state index contributed by atoms with van der Waals surface area (Å²) in [4.78, 5) is 0. The third-order valence-electron chi connectivity index (χ3n) is 2.41. The van der Waals surface area contributed by atoms with Crippen molar-refractivity contribution in [2.24, 2.45) is 5.92 Å². The number of benzene rings is 1. The summed E-state index contributed by atoms with van der Waals surface area (Å²) in [6.07, 6.45) is 1.30. The molecule has 2 heteroatoms. The van der Waals surface area contributed by atoms with Gasteiger partial charge in [-0.15, -0.1) is 0 Å². The van der Waals surface area contributed by atoms with E-state index < -0.39 is 0 Å². The quantitative estimate of drug-likeness (QED) is 0.732. The monoisotopic (exact) mass is 235 g/mol. The molecule has 0 atom stereocenters. The summed E-state index contributed by atoms with van der Waals surface area (Å²) in [7, 11) is 0. The van der Waals surface area contributed by atoms with Crippen molar-refractivity contribution in [2.45, 2.75) is 40.2 Å². The molecule has 0 aliphatic rings. The van der Waals surface area contributed by atoms with E-state index in [4.69, 9.17) is 4.74 Å². The predicted molar refractivity (Wildman–Crippen MR) is 73.6 cm³/mol. The van der Waals surface area contributed by atoms with E-state index in [0.29, 0.717) is 5.92 Å². The first kappa shape index (κ1) is 14.0. The lowest BCUT2D eigenvalue weighted by Crippen LogP contribution is -2.22. The highest BCUT2D eigenvalue weighted by Crippen LogP contribution is 2.15. The van der Waals surface area contributed by atoms with E-state index in [2.05, 4.69) is 51.2 Å². The molecule has 1 aromatic rings. The van der Waals surface area contributed by atoms with Gasteiger partial charge in [0, 0.05) is 0 Å². The lowest BCUT2D eigenvalue weighted by molar-refractivity contribution is 0.242. The number of rotatable bonds is 7. The maximum absolute atomic E-state index is 5.68.